The number of aliphatic imine (C=N–C) groups is 1. The molecule has 1 aliphatic heterocycles. The summed E-state index contributed by atoms with van der Waals surface area (Å²) in [6.45, 7) is 11.3. The molecule has 2 N–H and O–H groups in total. The minimum absolute atomic E-state index is 0.0819. The van der Waals surface area contributed by atoms with Crippen LogP contribution < -0.4 is 10.6 Å². The lowest BCUT2D eigenvalue weighted by Crippen LogP contribution is -2.54. The van der Waals surface area contributed by atoms with Crippen molar-refractivity contribution in [2.75, 3.05) is 39.8 Å². The normalized spacial score (nSPS) is 19.3. The molecular weight excluding hydrogens is 360 g/mol. The molecule has 3 rings (SSSR count). The predicted molar refractivity (Wildman–Crippen MR) is 110 cm³/mol. The number of amides is 1. The lowest BCUT2D eigenvalue weighted by Gasteiger charge is -2.36. The van der Waals surface area contributed by atoms with Crippen LogP contribution in [0, 0.1) is 0 Å². The summed E-state index contributed by atoms with van der Waals surface area (Å²) < 4.78 is 0. The van der Waals surface area contributed by atoms with Gasteiger partial charge < -0.3 is 15.5 Å². The SMILES string of the molecule is CN=C(NCc1nc(C(C)(C)C)cs1)N1CCN(CC(=O)NC2CC2)CC1. The molecular formula is C19H32N6OS. The minimum Gasteiger partial charge on any atom is -0.352 e. The average molecular weight is 393 g/mol. The fraction of sp³-hybridized carbons (Fsp3) is 0.737. The van der Waals surface area contributed by atoms with Gasteiger partial charge in [0.1, 0.15) is 5.01 Å². The van der Waals surface area contributed by atoms with Crippen LogP contribution in [-0.4, -0.2) is 72.5 Å². The van der Waals surface area contributed by atoms with Gasteiger partial charge in [0, 0.05) is 50.1 Å². The maximum absolute atomic E-state index is 12.0. The van der Waals surface area contributed by atoms with Crippen molar-refractivity contribution in [3.8, 4) is 0 Å². The zero-order chi connectivity index (χ0) is 19.4. The van der Waals surface area contributed by atoms with Crippen LogP contribution in [0.3, 0.4) is 0 Å². The van der Waals surface area contributed by atoms with Crippen molar-refractivity contribution in [1.29, 1.82) is 0 Å². The molecule has 1 aromatic rings. The van der Waals surface area contributed by atoms with Crippen LogP contribution in [-0.2, 0) is 16.8 Å². The monoisotopic (exact) mass is 392 g/mol. The molecule has 2 heterocycles. The molecule has 2 fully saturated rings. The predicted octanol–water partition coefficient (Wildman–Crippen LogP) is 1.41. The fourth-order valence-electron chi connectivity index (χ4n) is 3.05. The fourth-order valence-corrected chi connectivity index (χ4v) is 4.01. The third-order valence-corrected chi connectivity index (χ3v) is 5.76. The molecule has 0 spiro atoms. The first-order valence-corrected chi connectivity index (χ1v) is 10.7. The van der Waals surface area contributed by atoms with Gasteiger partial charge in [-0.15, -0.1) is 11.3 Å². The Hall–Kier alpha value is -1.67. The molecule has 0 aromatic carbocycles. The molecule has 1 amide bonds. The Kier molecular flexibility index (Phi) is 6.37. The Morgan fingerprint density at radius 1 is 1.30 bits per heavy atom. The summed E-state index contributed by atoms with van der Waals surface area (Å²) >= 11 is 1.69. The number of piperazine rings is 1. The Balaban J connectivity index is 1.43. The van der Waals surface area contributed by atoms with E-state index in [0.29, 0.717) is 19.1 Å². The molecule has 0 radical (unpaired) electrons. The Labute approximate surface area is 166 Å². The van der Waals surface area contributed by atoms with Crippen molar-refractivity contribution in [2.24, 2.45) is 4.99 Å². The molecule has 27 heavy (non-hydrogen) atoms. The smallest absolute Gasteiger partial charge is 0.234 e. The standard InChI is InChI=1S/C19H32N6OS/c1-19(2,3)15-13-27-17(23-15)11-21-18(20-4)25-9-7-24(8-10-25)12-16(26)22-14-5-6-14/h13-14H,5-12H2,1-4H3,(H,20,21)(H,22,26). The Bertz CT molecular complexity index is 668. The second-order valence-corrected chi connectivity index (χ2v) is 9.32. The molecule has 1 aromatic heterocycles. The zero-order valence-corrected chi connectivity index (χ0v) is 17.7. The van der Waals surface area contributed by atoms with Crippen LogP contribution in [0.2, 0.25) is 0 Å². The maximum Gasteiger partial charge on any atom is 0.234 e. The lowest BCUT2D eigenvalue weighted by molar-refractivity contribution is -0.122. The van der Waals surface area contributed by atoms with Crippen LogP contribution in [0.15, 0.2) is 10.4 Å². The van der Waals surface area contributed by atoms with Crippen LogP contribution in [0.5, 0.6) is 0 Å². The Morgan fingerprint density at radius 2 is 2.00 bits per heavy atom. The summed E-state index contributed by atoms with van der Waals surface area (Å²) in [6, 6.07) is 0.437. The highest BCUT2D eigenvalue weighted by Gasteiger charge is 2.26. The quantitative estimate of drug-likeness (QED) is 0.586. The van der Waals surface area contributed by atoms with E-state index < -0.39 is 0 Å². The van der Waals surface area contributed by atoms with Crippen molar-refractivity contribution in [3.05, 3.63) is 16.1 Å². The molecule has 150 valence electrons. The van der Waals surface area contributed by atoms with Gasteiger partial charge in [0.25, 0.3) is 0 Å². The topological polar surface area (TPSA) is 72.9 Å². The minimum atomic E-state index is 0.0819. The van der Waals surface area contributed by atoms with Gasteiger partial charge in [0.05, 0.1) is 18.8 Å². The summed E-state index contributed by atoms with van der Waals surface area (Å²) in [5, 5.41) is 9.72. The van der Waals surface area contributed by atoms with E-state index in [1.165, 1.54) is 0 Å². The van der Waals surface area contributed by atoms with Crippen LogP contribution in [0.25, 0.3) is 0 Å². The first-order valence-electron chi connectivity index (χ1n) is 9.77. The van der Waals surface area contributed by atoms with Crippen molar-refractivity contribution < 1.29 is 4.79 Å². The van der Waals surface area contributed by atoms with Crippen molar-refractivity contribution >= 4 is 23.2 Å². The van der Waals surface area contributed by atoms with E-state index in [2.05, 4.69) is 51.6 Å². The second-order valence-electron chi connectivity index (χ2n) is 8.38. The highest BCUT2D eigenvalue weighted by Crippen LogP contribution is 2.23. The van der Waals surface area contributed by atoms with Gasteiger partial charge in [0.2, 0.25) is 5.91 Å². The highest BCUT2D eigenvalue weighted by atomic mass is 32.1. The van der Waals surface area contributed by atoms with Gasteiger partial charge >= 0.3 is 0 Å². The molecule has 1 saturated heterocycles. The first kappa shape index (κ1) is 20.1. The van der Waals surface area contributed by atoms with Gasteiger partial charge in [-0.1, -0.05) is 20.8 Å². The second kappa shape index (κ2) is 8.56. The van der Waals surface area contributed by atoms with E-state index in [1.807, 2.05) is 7.05 Å². The van der Waals surface area contributed by atoms with Gasteiger partial charge in [-0.25, -0.2) is 4.98 Å². The summed E-state index contributed by atoms with van der Waals surface area (Å²) in [5.74, 6) is 1.07. The van der Waals surface area contributed by atoms with Crippen molar-refractivity contribution in [2.45, 2.75) is 51.6 Å². The molecule has 7 nitrogen and oxygen atoms in total. The van der Waals surface area contributed by atoms with E-state index in [1.54, 1.807) is 11.3 Å². The van der Waals surface area contributed by atoms with Crippen LogP contribution in [0.4, 0.5) is 0 Å². The maximum atomic E-state index is 12.0. The van der Waals surface area contributed by atoms with E-state index in [4.69, 9.17) is 4.98 Å². The average Bonchev–Trinajstić information content (AvgIpc) is 3.28. The number of guanidine groups is 1. The first-order chi connectivity index (χ1) is 12.8. The summed E-state index contributed by atoms with van der Waals surface area (Å²) in [6.07, 6.45) is 2.27. The summed E-state index contributed by atoms with van der Waals surface area (Å²) in [7, 11) is 1.82. The van der Waals surface area contributed by atoms with Gasteiger partial charge in [-0.2, -0.15) is 0 Å². The third kappa shape index (κ3) is 5.90. The Morgan fingerprint density at radius 3 is 2.56 bits per heavy atom. The zero-order valence-electron chi connectivity index (χ0n) is 16.9. The third-order valence-electron chi connectivity index (χ3n) is 4.91. The number of hydrogen-bond acceptors (Lipinski definition) is 5. The molecule has 0 unspecified atom stereocenters. The molecule has 2 aliphatic rings. The summed E-state index contributed by atoms with van der Waals surface area (Å²) in [5.41, 5.74) is 1.22. The van der Waals surface area contributed by atoms with Crippen LogP contribution >= 0.6 is 11.3 Å². The highest BCUT2D eigenvalue weighted by molar-refractivity contribution is 7.09. The molecule has 0 atom stereocenters. The van der Waals surface area contributed by atoms with Gasteiger partial charge in [-0.3, -0.25) is 14.7 Å². The number of rotatable bonds is 5. The van der Waals surface area contributed by atoms with E-state index in [0.717, 1.165) is 55.7 Å². The molecule has 1 saturated carbocycles. The number of thiazole rings is 1. The number of carbonyl (C=O) groups excluding carboxylic acids is 1. The van der Waals surface area contributed by atoms with E-state index in [9.17, 15) is 4.79 Å². The lowest BCUT2D eigenvalue weighted by atomic mass is 9.93. The van der Waals surface area contributed by atoms with Crippen molar-refractivity contribution in [3.63, 3.8) is 0 Å². The van der Waals surface area contributed by atoms with Gasteiger partial charge in [0.15, 0.2) is 5.96 Å². The van der Waals surface area contributed by atoms with Crippen molar-refractivity contribution in [1.82, 2.24) is 25.4 Å². The largest absolute Gasteiger partial charge is 0.352 e. The number of nitrogens with one attached hydrogen (secondary N) is 2. The summed E-state index contributed by atoms with van der Waals surface area (Å²) in [4.78, 5) is 25.6. The molecule has 0 bridgehead atoms. The molecule has 8 heteroatoms. The number of carbonyl (C=O) groups is 1. The number of nitrogens with zero attached hydrogens (tertiary/aromatic N) is 4. The number of hydrogen-bond donors (Lipinski definition) is 2. The van der Waals surface area contributed by atoms with E-state index >= 15 is 0 Å². The van der Waals surface area contributed by atoms with E-state index in [-0.39, 0.29) is 11.3 Å². The van der Waals surface area contributed by atoms with Crippen LogP contribution in [0.1, 0.15) is 44.3 Å². The molecule has 1 aliphatic carbocycles. The van der Waals surface area contributed by atoms with Gasteiger partial charge in [-0.05, 0) is 12.8 Å². The number of aromatic nitrogens is 1.